The zero-order chi connectivity index (χ0) is 29.9. The first-order valence-corrected chi connectivity index (χ1v) is 15.3. The Morgan fingerprint density at radius 3 is 2.48 bits per heavy atom. The molecule has 3 aromatic carbocycles. The van der Waals surface area contributed by atoms with E-state index in [4.69, 9.17) is 4.74 Å². The Labute approximate surface area is 256 Å². The van der Waals surface area contributed by atoms with Gasteiger partial charge >= 0.3 is 0 Å². The summed E-state index contributed by atoms with van der Waals surface area (Å²) in [5.74, 6) is 2.34. The highest BCUT2D eigenvalue weighted by Gasteiger charge is 2.39. The first-order valence-electron chi connectivity index (χ1n) is 15.3. The van der Waals surface area contributed by atoms with E-state index < -0.39 is 6.04 Å². The minimum Gasteiger partial charge on any atom is -0.492 e. The first-order chi connectivity index (χ1) is 21.6. The molecule has 7 rings (SSSR count). The molecule has 7 nitrogen and oxygen atoms in total. The minimum absolute atomic E-state index is 0.231. The molecular weight excluding hydrogens is 548 g/mol. The Bertz CT molecular complexity index is 1750. The quantitative estimate of drug-likeness (QED) is 0.191. The summed E-state index contributed by atoms with van der Waals surface area (Å²) in [5, 5.41) is 6.91. The molecule has 2 fully saturated rings. The third-order valence-corrected chi connectivity index (χ3v) is 9.07. The summed E-state index contributed by atoms with van der Waals surface area (Å²) in [6.07, 6.45) is 8.51. The van der Waals surface area contributed by atoms with Crippen molar-refractivity contribution in [3.63, 3.8) is 0 Å². The van der Waals surface area contributed by atoms with E-state index in [1.54, 1.807) is 18.5 Å². The third-order valence-electron chi connectivity index (χ3n) is 9.07. The number of carbonyl (C=O) groups excluding carboxylic acids is 2. The molecular formula is C37H34N4O3. The Kier molecular flexibility index (Phi) is 7.76. The van der Waals surface area contributed by atoms with Gasteiger partial charge in [0, 0.05) is 23.5 Å². The van der Waals surface area contributed by atoms with Crippen LogP contribution < -0.4 is 15.4 Å². The molecule has 0 radical (unpaired) electrons. The number of rotatable bonds is 9. The van der Waals surface area contributed by atoms with Crippen molar-refractivity contribution in [3.8, 4) is 5.75 Å². The van der Waals surface area contributed by atoms with Crippen LogP contribution in [0.1, 0.15) is 63.7 Å². The molecule has 44 heavy (non-hydrogen) atoms. The highest BCUT2D eigenvalue weighted by atomic mass is 16.5. The van der Waals surface area contributed by atoms with Gasteiger partial charge in [-0.25, -0.2) is 0 Å². The fourth-order valence-corrected chi connectivity index (χ4v) is 6.81. The van der Waals surface area contributed by atoms with Gasteiger partial charge in [-0.2, -0.15) is 0 Å². The average Bonchev–Trinajstić information content (AvgIpc) is 3.71. The number of pyridine rings is 2. The number of nitrogens with one attached hydrogen (secondary N) is 2. The van der Waals surface area contributed by atoms with Crippen molar-refractivity contribution in [2.75, 3.05) is 11.9 Å². The van der Waals surface area contributed by atoms with Crippen molar-refractivity contribution in [1.29, 1.82) is 0 Å². The van der Waals surface area contributed by atoms with Crippen LogP contribution >= 0.6 is 0 Å². The second-order valence-electron chi connectivity index (χ2n) is 11.9. The van der Waals surface area contributed by atoms with Gasteiger partial charge in [0.15, 0.2) is 0 Å². The molecule has 2 aliphatic carbocycles. The topological polar surface area (TPSA) is 93.2 Å². The average molecular weight is 583 g/mol. The molecule has 4 atom stereocenters. The number of hydrogen-bond donors (Lipinski definition) is 2. The highest BCUT2D eigenvalue weighted by Crippen LogP contribution is 2.48. The van der Waals surface area contributed by atoms with Crippen LogP contribution in [0.4, 0.5) is 5.69 Å². The van der Waals surface area contributed by atoms with E-state index in [1.165, 1.54) is 25.7 Å². The first kappa shape index (κ1) is 27.8. The Morgan fingerprint density at radius 1 is 0.841 bits per heavy atom. The van der Waals surface area contributed by atoms with Gasteiger partial charge < -0.3 is 15.4 Å². The SMILES string of the molecule is O=C(NC(c1ccccc1)c1ccccn1)c1cnc2cc(NC(=O)c3ccccc3OCC3CC4CCC3C4)ccc2c1. The number of amides is 2. The number of nitrogens with zero attached hydrogens (tertiary/aromatic N) is 2. The number of fused-ring (bicyclic) bond motifs is 3. The molecule has 2 amide bonds. The van der Waals surface area contributed by atoms with Gasteiger partial charge in [0.1, 0.15) is 5.75 Å². The van der Waals surface area contributed by atoms with Gasteiger partial charge in [-0.05, 0) is 85.0 Å². The van der Waals surface area contributed by atoms with Crippen molar-refractivity contribution in [2.24, 2.45) is 17.8 Å². The molecule has 2 aliphatic rings. The molecule has 4 unspecified atom stereocenters. The van der Waals surface area contributed by atoms with Crippen LogP contribution in [-0.4, -0.2) is 28.4 Å². The van der Waals surface area contributed by atoms with Gasteiger partial charge in [-0.15, -0.1) is 0 Å². The lowest BCUT2D eigenvalue weighted by molar-refractivity contribution is 0.0941. The molecule has 0 aliphatic heterocycles. The van der Waals surface area contributed by atoms with E-state index in [2.05, 4.69) is 20.6 Å². The van der Waals surface area contributed by atoms with Crippen LogP contribution in [0.5, 0.6) is 5.75 Å². The predicted molar refractivity (Wildman–Crippen MR) is 171 cm³/mol. The summed E-state index contributed by atoms with van der Waals surface area (Å²) in [5.41, 5.74) is 3.92. The van der Waals surface area contributed by atoms with Crippen molar-refractivity contribution in [1.82, 2.24) is 15.3 Å². The summed E-state index contributed by atoms with van der Waals surface area (Å²) >= 11 is 0. The predicted octanol–water partition coefficient (Wildman–Crippen LogP) is 7.22. The van der Waals surface area contributed by atoms with Gasteiger partial charge in [0.2, 0.25) is 0 Å². The van der Waals surface area contributed by atoms with Crippen molar-refractivity contribution < 1.29 is 14.3 Å². The molecule has 2 aromatic heterocycles. The zero-order valence-electron chi connectivity index (χ0n) is 24.4. The number of aromatic nitrogens is 2. The minimum atomic E-state index is -0.404. The molecule has 2 heterocycles. The monoisotopic (exact) mass is 582 g/mol. The van der Waals surface area contributed by atoms with E-state index in [0.29, 0.717) is 40.6 Å². The van der Waals surface area contributed by atoms with E-state index >= 15 is 0 Å². The second kappa shape index (κ2) is 12.3. The van der Waals surface area contributed by atoms with E-state index in [-0.39, 0.29) is 11.8 Å². The molecule has 5 aromatic rings. The third kappa shape index (κ3) is 5.91. The van der Waals surface area contributed by atoms with Crippen molar-refractivity contribution in [2.45, 2.75) is 31.7 Å². The van der Waals surface area contributed by atoms with Crippen LogP contribution in [0.25, 0.3) is 10.9 Å². The van der Waals surface area contributed by atoms with E-state index in [0.717, 1.165) is 28.5 Å². The molecule has 220 valence electrons. The fraction of sp³-hybridized carbons (Fsp3) is 0.243. The Morgan fingerprint density at radius 2 is 1.68 bits per heavy atom. The summed E-state index contributed by atoms with van der Waals surface area (Å²) in [6, 6.07) is 29.7. The van der Waals surface area contributed by atoms with Crippen LogP contribution in [0.2, 0.25) is 0 Å². The Hall–Kier alpha value is -5.04. The van der Waals surface area contributed by atoms with Gasteiger partial charge in [-0.3, -0.25) is 19.6 Å². The normalized spacial score (nSPS) is 19.4. The number of benzene rings is 3. The number of anilines is 1. The van der Waals surface area contributed by atoms with Crippen LogP contribution in [0.3, 0.4) is 0 Å². The largest absolute Gasteiger partial charge is 0.492 e. The van der Waals surface area contributed by atoms with Crippen LogP contribution in [-0.2, 0) is 0 Å². The van der Waals surface area contributed by atoms with Crippen molar-refractivity contribution >= 4 is 28.4 Å². The fourth-order valence-electron chi connectivity index (χ4n) is 6.81. The highest BCUT2D eigenvalue weighted by molar-refractivity contribution is 6.07. The maximum absolute atomic E-state index is 13.4. The maximum Gasteiger partial charge on any atom is 0.259 e. The molecule has 0 spiro atoms. The lowest BCUT2D eigenvalue weighted by Crippen LogP contribution is -2.30. The second-order valence-corrected chi connectivity index (χ2v) is 11.9. The summed E-state index contributed by atoms with van der Waals surface area (Å²) in [6.45, 7) is 0.662. The van der Waals surface area contributed by atoms with E-state index in [9.17, 15) is 9.59 Å². The van der Waals surface area contributed by atoms with Gasteiger partial charge in [0.25, 0.3) is 11.8 Å². The number of carbonyl (C=O) groups is 2. The molecule has 2 bridgehead atoms. The Balaban J connectivity index is 1.04. The lowest BCUT2D eigenvalue weighted by atomic mass is 9.89. The number of hydrogen-bond acceptors (Lipinski definition) is 5. The standard InChI is InChI=1S/C37H34N4O3/c42-36(41-35(25-8-2-1-3-9-25)32-11-6-7-17-38-32)28-20-27-15-16-30(21-33(27)39-22-28)40-37(43)31-10-4-5-12-34(31)44-23-29-19-24-13-14-26(29)18-24/h1-12,15-17,20-22,24,26,29,35H,13-14,18-19,23H2,(H,40,43)(H,41,42). The molecule has 7 heteroatoms. The van der Waals surface area contributed by atoms with Gasteiger partial charge in [-0.1, -0.05) is 61.0 Å². The summed E-state index contributed by atoms with van der Waals surface area (Å²) in [4.78, 5) is 35.7. The molecule has 2 saturated carbocycles. The molecule has 0 saturated heterocycles. The molecule has 2 N–H and O–H groups in total. The number of ether oxygens (including phenoxy) is 1. The van der Waals surface area contributed by atoms with E-state index in [1.807, 2.05) is 91.0 Å². The maximum atomic E-state index is 13.4. The van der Waals surface area contributed by atoms with Crippen LogP contribution in [0, 0.1) is 17.8 Å². The van der Waals surface area contributed by atoms with Crippen molar-refractivity contribution in [3.05, 3.63) is 132 Å². The zero-order valence-corrected chi connectivity index (χ0v) is 24.4. The number of para-hydroxylation sites is 1. The smallest absolute Gasteiger partial charge is 0.259 e. The van der Waals surface area contributed by atoms with Gasteiger partial charge in [0.05, 0.1) is 35.0 Å². The summed E-state index contributed by atoms with van der Waals surface area (Å²) in [7, 11) is 0. The summed E-state index contributed by atoms with van der Waals surface area (Å²) < 4.78 is 6.21. The van der Waals surface area contributed by atoms with Crippen LogP contribution in [0.15, 0.2) is 109 Å². The lowest BCUT2D eigenvalue weighted by Gasteiger charge is -2.22.